The molecule has 0 spiro atoms. The van der Waals surface area contributed by atoms with Crippen molar-refractivity contribution in [2.45, 2.75) is 19.8 Å². The monoisotopic (exact) mass is 360 g/mol. The van der Waals surface area contributed by atoms with Crippen LogP contribution in [0.2, 0.25) is 0 Å². The van der Waals surface area contributed by atoms with Crippen molar-refractivity contribution in [3.63, 3.8) is 0 Å². The molecule has 0 radical (unpaired) electrons. The highest BCUT2D eigenvalue weighted by atomic mass is 15.3. The fraction of sp³-hybridized carbons (Fsp3) is 0.211. The molecule has 0 amide bonds. The van der Waals surface area contributed by atoms with E-state index in [2.05, 4.69) is 45.3 Å². The Balaban J connectivity index is 2.00. The maximum atomic E-state index is 9.64. The van der Waals surface area contributed by atoms with Gasteiger partial charge in [-0.05, 0) is 24.1 Å². The molecule has 2 aromatic heterocycles. The Hall–Kier alpha value is -3.73. The van der Waals surface area contributed by atoms with Gasteiger partial charge in [0.25, 0.3) is 0 Å². The lowest BCUT2D eigenvalue weighted by atomic mass is 10.0. The molecule has 136 valence electrons. The van der Waals surface area contributed by atoms with Gasteiger partial charge in [-0.3, -0.25) is 4.68 Å². The third kappa shape index (κ3) is 4.27. The number of hydrogen-bond acceptors (Lipinski definition) is 7. The molecule has 0 aliphatic carbocycles. The predicted molar refractivity (Wildman–Crippen MR) is 105 cm³/mol. The second kappa shape index (κ2) is 7.66. The van der Waals surface area contributed by atoms with E-state index in [-0.39, 0.29) is 29.2 Å². The number of anilines is 3. The molecular formula is C19H20N8. The first-order valence-corrected chi connectivity index (χ1v) is 8.45. The Labute approximate surface area is 157 Å². The van der Waals surface area contributed by atoms with Gasteiger partial charge >= 0.3 is 0 Å². The van der Waals surface area contributed by atoms with E-state index in [0.29, 0.717) is 0 Å². The zero-order valence-electron chi connectivity index (χ0n) is 15.4. The molecule has 8 nitrogen and oxygen atoms in total. The second-order valence-electron chi connectivity index (χ2n) is 6.30. The van der Waals surface area contributed by atoms with Crippen LogP contribution in [0.3, 0.4) is 0 Å². The standard InChI is InChI=1S/C19H20N8/c1-12(2)16-14(11-27(3)26-16)9-13(10-20)17-23-18(21)25-19(24-17)22-15-7-5-4-6-8-15/h4-9,11-12H,1-3H3,(H3,21,22,23,24,25)/b13-9+. The summed E-state index contributed by atoms with van der Waals surface area (Å²) in [5, 5.41) is 17.2. The van der Waals surface area contributed by atoms with Crippen molar-refractivity contribution in [1.29, 1.82) is 5.26 Å². The summed E-state index contributed by atoms with van der Waals surface area (Å²) in [7, 11) is 1.85. The number of allylic oxidation sites excluding steroid dienone is 1. The number of benzene rings is 1. The van der Waals surface area contributed by atoms with Crippen molar-refractivity contribution in [2.75, 3.05) is 11.1 Å². The molecule has 0 atom stereocenters. The Morgan fingerprint density at radius 1 is 1.22 bits per heavy atom. The summed E-state index contributed by atoms with van der Waals surface area (Å²) in [6.07, 6.45) is 3.59. The zero-order chi connectivity index (χ0) is 19.4. The number of para-hydroxylation sites is 1. The smallest absolute Gasteiger partial charge is 0.232 e. The molecule has 27 heavy (non-hydrogen) atoms. The number of nitrogens with two attached hydrogens (primary N) is 1. The molecule has 0 saturated heterocycles. The molecule has 0 aliphatic rings. The summed E-state index contributed by atoms with van der Waals surface area (Å²) in [6, 6.07) is 11.6. The van der Waals surface area contributed by atoms with E-state index in [1.165, 1.54) is 0 Å². The molecule has 0 saturated carbocycles. The maximum Gasteiger partial charge on any atom is 0.232 e. The second-order valence-corrected chi connectivity index (χ2v) is 6.30. The number of hydrogen-bond donors (Lipinski definition) is 2. The van der Waals surface area contributed by atoms with Crippen LogP contribution < -0.4 is 11.1 Å². The molecule has 0 aliphatic heterocycles. The van der Waals surface area contributed by atoms with E-state index in [1.807, 2.05) is 43.6 Å². The predicted octanol–water partition coefficient (Wildman–Crippen LogP) is 3.12. The van der Waals surface area contributed by atoms with E-state index < -0.39 is 0 Å². The van der Waals surface area contributed by atoms with Crippen LogP contribution in [0.4, 0.5) is 17.6 Å². The fourth-order valence-corrected chi connectivity index (χ4v) is 2.61. The minimum Gasteiger partial charge on any atom is -0.368 e. The van der Waals surface area contributed by atoms with E-state index in [1.54, 1.807) is 10.8 Å². The van der Waals surface area contributed by atoms with Crippen LogP contribution in [0.5, 0.6) is 0 Å². The Kier molecular flexibility index (Phi) is 5.13. The number of aryl methyl sites for hydroxylation is 1. The molecule has 3 aromatic rings. The molecule has 3 N–H and O–H groups in total. The van der Waals surface area contributed by atoms with Crippen molar-refractivity contribution in [3.8, 4) is 6.07 Å². The van der Waals surface area contributed by atoms with Crippen LogP contribution in [-0.2, 0) is 7.05 Å². The Bertz CT molecular complexity index is 1010. The topological polar surface area (TPSA) is 118 Å². The fourth-order valence-electron chi connectivity index (χ4n) is 2.61. The summed E-state index contributed by atoms with van der Waals surface area (Å²) in [5.41, 5.74) is 8.67. The Morgan fingerprint density at radius 2 is 1.96 bits per heavy atom. The van der Waals surface area contributed by atoms with Crippen LogP contribution in [-0.4, -0.2) is 24.7 Å². The van der Waals surface area contributed by atoms with Gasteiger partial charge in [0, 0.05) is 24.5 Å². The first kappa shape index (κ1) is 18.1. The van der Waals surface area contributed by atoms with Gasteiger partial charge < -0.3 is 11.1 Å². The first-order valence-electron chi connectivity index (χ1n) is 8.45. The lowest BCUT2D eigenvalue weighted by Crippen LogP contribution is -2.06. The number of rotatable bonds is 5. The number of nitrogens with one attached hydrogen (secondary N) is 1. The van der Waals surface area contributed by atoms with Gasteiger partial charge in [0.1, 0.15) is 6.07 Å². The van der Waals surface area contributed by atoms with E-state index in [4.69, 9.17) is 5.73 Å². The van der Waals surface area contributed by atoms with Crippen LogP contribution in [0.15, 0.2) is 36.5 Å². The van der Waals surface area contributed by atoms with Crippen molar-refractivity contribution in [1.82, 2.24) is 24.7 Å². The number of nitriles is 1. The van der Waals surface area contributed by atoms with E-state index >= 15 is 0 Å². The molecular weight excluding hydrogens is 340 g/mol. The average Bonchev–Trinajstić information content (AvgIpc) is 3.00. The third-order valence-electron chi connectivity index (χ3n) is 3.78. The summed E-state index contributed by atoms with van der Waals surface area (Å²) >= 11 is 0. The first-order chi connectivity index (χ1) is 13.0. The molecule has 3 rings (SSSR count). The van der Waals surface area contributed by atoms with Gasteiger partial charge in [-0.15, -0.1) is 0 Å². The lowest BCUT2D eigenvalue weighted by Gasteiger charge is -2.07. The maximum absolute atomic E-state index is 9.64. The molecule has 1 aromatic carbocycles. The highest BCUT2D eigenvalue weighted by Gasteiger charge is 2.14. The minimum absolute atomic E-state index is 0.0369. The summed E-state index contributed by atoms with van der Waals surface area (Å²) in [6.45, 7) is 4.10. The van der Waals surface area contributed by atoms with E-state index in [0.717, 1.165) is 16.9 Å². The van der Waals surface area contributed by atoms with Gasteiger partial charge in [0.2, 0.25) is 11.9 Å². The molecule has 0 unspecified atom stereocenters. The average molecular weight is 360 g/mol. The molecule has 2 heterocycles. The number of nitrogens with zero attached hydrogens (tertiary/aromatic N) is 6. The van der Waals surface area contributed by atoms with Crippen molar-refractivity contribution in [2.24, 2.45) is 7.05 Å². The van der Waals surface area contributed by atoms with Crippen LogP contribution in [0, 0.1) is 11.3 Å². The van der Waals surface area contributed by atoms with Gasteiger partial charge in [0.15, 0.2) is 5.82 Å². The quantitative estimate of drug-likeness (QED) is 0.671. The highest BCUT2D eigenvalue weighted by Crippen LogP contribution is 2.23. The number of nitrogen functional groups attached to an aromatic ring is 1. The van der Waals surface area contributed by atoms with E-state index in [9.17, 15) is 5.26 Å². The zero-order valence-corrected chi connectivity index (χ0v) is 15.4. The number of aromatic nitrogens is 5. The minimum atomic E-state index is 0.0369. The Morgan fingerprint density at radius 3 is 2.63 bits per heavy atom. The van der Waals surface area contributed by atoms with Crippen LogP contribution >= 0.6 is 0 Å². The molecule has 8 heteroatoms. The van der Waals surface area contributed by atoms with Gasteiger partial charge in [0.05, 0.1) is 11.3 Å². The largest absolute Gasteiger partial charge is 0.368 e. The van der Waals surface area contributed by atoms with Crippen molar-refractivity contribution in [3.05, 3.63) is 53.6 Å². The van der Waals surface area contributed by atoms with Gasteiger partial charge in [-0.1, -0.05) is 32.0 Å². The molecule has 0 bridgehead atoms. The normalized spacial score (nSPS) is 11.4. The molecule has 0 fully saturated rings. The summed E-state index contributed by atoms with van der Waals surface area (Å²) in [5.74, 6) is 0.744. The SMILES string of the molecule is CC(C)c1nn(C)cc1/C=C(\C#N)c1nc(N)nc(Nc2ccccc2)n1. The van der Waals surface area contributed by atoms with Gasteiger partial charge in [-0.2, -0.15) is 25.3 Å². The van der Waals surface area contributed by atoms with Crippen molar-refractivity contribution < 1.29 is 0 Å². The van der Waals surface area contributed by atoms with Gasteiger partial charge in [-0.25, -0.2) is 0 Å². The summed E-state index contributed by atoms with van der Waals surface area (Å²) in [4.78, 5) is 12.6. The van der Waals surface area contributed by atoms with Crippen LogP contribution in [0.25, 0.3) is 11.6 Å². The lowest BCUT2D eigenvalue weighted by molar-refractivity contribution is 0.713. The summed E-state index contributed by atoms with van der Waals surface area (Å²) < 4.78 is 1.72. The van der Waals surface area contributed by atoms with Crippen molar-refractivity contribution >= 4 is 29.2 Å². The third-order valence-corrected chi connectivity index (χ3v) is 3.78. The van der Waals surface area contributed by atoms with Crippen LogP contribution in [0.1, 0.15) is 36.8 Å². The highest BCUT2D eigenvalue weighted by molar-refractivity contribution is 5.87.